The summed E-state index contributed by atoms with van der Waals surface area (Å²) in [4.78, 5) is 13.7. The van der Waals surface area contributed by atoms with Crippen molar-refractivity contribution < 1.29 is 32.0 Å². The molecular formula is C21H29BF3NO4. The number of rotatable bonds is 4. The zero-order valence-electron chi connectivity index (χ0n) is 18.1. The van der Waals surface area contributed by atoms with Crippen LogP contribution in [0.15, 0.2) is 18.2 Å². The van der Waals surface area contributed by atoms with Crippen LogP contribution >= 0.6 is 0 Å². The molecule has 2 fully saturated rings. The van der Waals surface area contributed by atoms with E-state index in [0.29, 0.717) is 24.2 Å². The van der Waals surface area contributed by atoms with Crippen LogP contribution in [0.2, 0.25) is 0 Å². The highest BCUT2D eigenvalue weighted by atomic mass is 19.4. The molecule has 0 bridgehead atoms. The fraction of sp³-hybridized carbons (Fsp3) is 0.667. The quantitative estimate of drug-likeness (QED) is 0.691. The molecule has 0 spiro atoms. The minimum Gasteiger partial charge on any atom is -0.496 e. The molecule has 1 aromatic carbocycles. The Balaban J connectivity index is 1.78. The Bertz CT molecular complexity index is 781. The molecule has 2 saturated heterocycles. The molecule has 2 aliphatic rings. The van der Waals surface area contributed by atoms with Crippen LogP contribution in [0.1, 0.15) is 52.5 Å². The van der Waals surface area contributed by atoms with Gasteiger partial charge in [-0.25, -0.2) is 0 Å². The Hall–Kier alpha value is -1.74. The Labute approximate surface area is 176 Å². The highest BCUT2D eigenvalue weighted by Gasteiger charge is 2.52. The normalized spacial score (nSPS) is 23.5. The first kappa shape index (κ1) is 22.9. The summed E-state index contributed by atoms with van der Waals surface area (Å²) >= 11 is 0. The van der Waals surface area contributed by atoms with Crippen molar-refractivity contribution in [3.05, 3.63) is 23.8 Å². The maximum absolute atomic E-state index is 13.3. The number of methoxy groups -OCH3 is 1. The van der Waals surface area contributed by atoms with E-state index in [1.54, 1.807) is 18.2 Å². The molecule has 9 heteroatoms. The van der Waals surface area contributed by atoms with Crippen LogP contribution in [0.25, 0.3) is 0 Å². The summed E-state index contributed by atoms with van der Waals surface area (Å²) in [5.41, 5.74) is 0.267. The number of hydrogen-bond acceptors (Lipinski definition) is 4. The van der Waals surface area contributed by atoms with Crippen LogP contribution in [0.5, 0.6) is 5.75 Å². The van der Waals surface area contributed by atoms with Gasteiger partial charge in [-0.05, 0) is 58.5 Å². The molecule has 1 aromatic rings. The smallest absolute Gasteiger partial charge is 0.494 e. The van der Waals surface area contributed by atoms with Crippen LogP contribution in [0.3, 0.4) is 0 Å². The molecule has 0 N–H and O–H groups in total. The number of carbonyl (C=O) groups is 1. The third kappa shape index (κ3) is 4.47. The molecule has 0 radical (unpaired) electrons. The van der Waals surface area contributed by atoms with E-state index < -0.39 is 36.4 Å². The Morgan fingerprint density at radius 2 is 1.83 bits per heavy atom. The first-order valence-electron chi connectivity index (χ1n) is 10.2. The Morgan fingerprint density at radius 3 is 2.40 bits per heavy atom. The van der Waals surface area contributed by atoms with E-state index in [9.17, 15) is 18.0 Å². The molecule has 30 heavy (non-hydrogen) atoms. The highest BCUT2D eigenvalue weighted by Crippen LogP contribution is 2.37. The van der Waals surface area contributed by atoms with Gasteiger partial charge in [0.1, 0.15) is 11.8 Å². The number of amides is 1. The molecule has 5 nitrogen and oxygen atoms in total. The van der Waals surface area contributed by atoms with Crippen molar-refractivity contribution >= 4 is 18.5 Å². The van der Waals surface area contributed by atoms with Crippen LogP contribution in [0, 0.1) is 0 Å². The molecule has 0 saturated carbocycles. The van der Waals surface area contributed by atoms with Gasteiger partial charge in [-0.15, -0.1) is 0 Å². The topological polar surface area (TPSA) is 48.0 Å². The van der Waals surface area contributed by atoms with Crippen molar-refractivity contribution in [1.82, 2.24) is 4.90 Å². The minimum absolute atomic E-state index is 0.0484. The largest absolute Gasteiger partial charge is 0.496 e. The maximum atomic E-state index is 13.3. The number of alkyl halides is 3. The number of piperidine rings is 1. The SMILES string of the molecule is COc1cc(B2OC(C)(C)C(C)(C)O2)ccc1CC(=O)N1CCCCC1C(F)(F)F. The minimum atomic E-state index is -4.42. The number of benzene rings is 1. The van der Waals surface area contributed by atoms with Crippen LogP contribution < -0.4 is 10.2 Å². The zero-order valence-corrected chi connectivity index (χ0v) is 18.1. The standard InChI is InChI=1S/C21H29BF3NO4/c1-19(2)20(3,4)30-22(29-19)15-10-9-14(16(13-15)28-5)12-18(27)26-11-7-6-8-17(26)21(23,24)25/h9-10,13,17H,6-8,11-12H2,1-5H3. The van der Waals surface area contributed by atoms with Gasteiger partial charge in [-0.2, -0.15) is 13.2 Å². The zero-order chi connectivity index (χ0) is 22.3. The molecule has 2 heterocycles. The van der Waals surface area contributed by atoms with E-state index in [1.807, 2.05) is 27.7 Å². The van der Waals surface area contributed by atoms with E-state index in [2.05, 4.69) is 0 Å². The number of likely N-dealkylation sites (tertiary alicyclic amines) is 1. The van der Waals surface area contributed by atoms with E-state index in [1.165, 1.54) is 7.11 Å². The molecule has 1 atom stereocenters. The second-order valence-electron chi connectivity index (χ2n) is 8.98. The van der Waals surface area contributed by atoms with Gasteiger partial charge < -0.3 is 18.9 Å². The van der Waals surface area contributed by atoms with Crippen molar-refractivity contribution in [3.63, 3.8) is 0 Å². The van der Waals surface area contributed by atoms with Crippen LogP contribution in [-0.4, -0.2) is 55.0 Å². The number of halogens is 3. The Kier molecular flexibility index (Phi) is 6.17. The predicted molar refractivity (Wildman–Crippen MR) is 108 cm³/mol. The summed E-state index contributed by atoms with van der Waals surface area (Å²) in [6.07, 6.45) is -3.57. The molecule has 166 valence electrons. The van der Waals surface area contributed by atoms with Crippen molar-refractivity contribution in [2.45, 2.75) is 76.8 Å². The highest BCUT2D eigenvalue weighted by molar-refractivity contribution is 6.62. The lowest BCUT2D eigenvalue weighted by Gasteiger charge is -2.37. The molecule has 0 aliphatic carbocycles. The lowest BCUT2D eigenvalue weighted by Crippen LogP contribution is -2.51. The van der Waals surface area contributed by atoms with Crippen LogP contribution in [0.4, 0.5) is 13.2 Å². The van der Waals surface area contributed by atoms with Gasteiger partial charge in [0.05, 0.1) is 24.7 Å². The summed E-state index contributed by atoms with van der Waals surface area (Å²) in [5.74, 6) is -0.116. The van der Waals surface area contributed by atoms with Gasteiger partial charge in [0, 0.05) is 12.1 Å². The van der Waals surface area contributed by atoms with Gasteiger partial charge >= 0.3 is 13.3 Å². The monoisotopic (exact) mass is 427 g/mol. The first-order chi connectivity index (χ1) is 13.9. The van der Waals surface area contributed by atoms with Crippen LogP contribution in [-0.2, 0) is 20.5 Å². The molecule has 3 rings (SSSR count). The maximum Gasteiger partial charge on any atom is 0.494 e. The molecule has 0 aromatic heterocycles. The lowest BCUT2D eigenvalue weighted by atomic mass is 9.78. The number of nitrogens with zero attached hydrogens (tertiary/aromatic N) is 1. The van der Waals surface area contributed by atoms with Gasteiger partial charge in [0.25, 0.3) is 0 Å². The van der Waals surface area contributed by atoms with E-state index in [0.717, 1.165) is 10.4 Å². The average molecular weight is 427 g/mol. The van der Waals surface area contributed by atoms with E-state index in [4.69, 9.17) is 14.0 Å². The van der Waals surface area contributed by atoms with Gasteiger partial charge in [0.15, 0.2) is 0 Å². The summed E-state index contributed by atoms with van der Waals surface area (Å²) in [7, 11) is 0.877. The summed E-state index contributed by atoms with van der Waals surface area (Å²) in [6.45, 7) is 7.93. The summed E-state index contributed by atoms with van der Waals surface area (Å²) in [5, 5.41) is 0. The first-order valence-corrected chi connectivity index (χ1v) is 10.2. The van der Waals surface area contributed by atoms with Gasteiger partial charge in [0.2, 0.25) is 5.91 Å². The lowest BCUT2D eigenvalue weighted by molar-refractivity contribution is -0.195. The number of hydrogen-bond donors (Lipinski definition) is 0. The summed E-state index contributed by atoms with van der Waals surface area (Å²) in [6, 6.07) is 3.48. The second kappa shape index (κ2) is 8.07. The number of carbonyl (C=O) groups excluding carboxylic acids is 1. The van der Waals surface area contributed by atoms with Crippen molar-refractivity contribution in [3.8, 4) is 5.75 Å². The number of ether oxygens (including phenoxy) is 1. The molecule has 1 amide bonds. The Morgan fingerprint density at radius 1 is 1.20 bits per heavy atom. The summed E-state index contributed by atoms with van der Waals surface area (Å²) < 4.78 is 57.5. The third-order valence-corrected chi connectivity index (χ3v) is 6.38. The van der Waals surface area contributed by atoms with E-state index in [-0.39, 0.29) is 19.4 Å². The van der Waals surface area contributed by atoms with Gasteiger partial charge in [-0.1, -0.05) is 12.1 Å². The molecular weight excluding hydrogens is 398 g/mol. The third-order valence-electron chi connectivity index (χ3n) is 6.38. The van der Waals surface area contributed by atoms with Crippen molar-refractivity contribution in [2.75, 3.05) is 13.7 Å². The fourth-order valence-electron chi connectivity index (χ4n) is 3.87. The predicted octanol–water partition coefficient (Wildman–Crippen LogP) is 3.48. The molecule has 2 aliphatic heterocycles. The van der Waals surface area contributed by atoms with E-state index >= 15 is 0 Å². The van der Waals surface area contributed by atoms with Crippen molar-refractivity contribution in [2.24, 2.45) is 0 Å². The average Bonchev–Trinajstić information content (AvgIpc) is 2.88. The second-order valence-corrected chi connectivity index (χ2v) is 8.98. The van der Waals surface area contributed by atoms with Gasteiger partial charge in [-0.3, -0.25) is 4.79 Å². The van der Waals surface area contributed by atoms with Crippen molar-refractivity contribution in [1.29, 1.82) is 0 Å². The molecule has 1 unspecified atom stereocenters. The fourth-order valence-corrected chi connectivity index (χ4v) is 3.87.